The lowest BCUT2D eigenvalue weighted by atomic mass is 10.1. The molecule has 4 N–H and O–H groups in total. The Hall–Kier alpha value is -2.04. The smallest absolute Gasteiger partial charge is 0.251 e. The largest absolute Gasteiger partial charge is 0.399 e. The van der Waals surface area contributed by atoms with Crippen LogP contribution in [0.1, 0.15) is 28.8 Å². The zero-order valence-corrected chi connectivity index (χ0v) is 10.3. The van der Waals surface area contributed by atoms with E-state index in [0.717, 1.165) is 5.56 Å². The van der Waals surface area contributed by atoms with Gasteiger partial charge in [-0.2, -0.15) is 0 Å². The van der Waals surface area contributed by atoms with Gasteiger partial charge in [0.05, 0.1) is 0 Å². The SMILES string of the molecule is Cc1cc(C(=O)NC2CCC(=O)NC2)ccc1N. The first kappa shape index (κ1) is 12.4. The van der Waals surface area contributed by atoms with Crippen LogP contribution in [0.4, 0.5) is 5.69 Å². The highest BCUT2D eigenvalue weighted by Gasteiger charge is 2.20. The van der Waals surface area contributed by atoms with Crippen molar-refractivity contribution in [3.8, 4) is 0 Å². The van der Waals surface area contributed by atoms with Gasteiger partial charge in [0.1, 0.15) is 0 Å². The van der Waals surface area contributed by atoms with Crippen LogP contribution in [0.5, 0.6) is 0 Å². The number of carbonyl (C=O) groups excluding carboxylic acids is 2. The molecule has 1 atom stereocenters. The molecule has 2 amide bonds. The number of anilines is 1. The molecule has 1 heterocycles. The third-order valence-electron chi connectivity index (χ3n) is 3.13. The second kappa shape index (κ2) is 5.08. The monoisotopic (exact) mass is 247 g/mol. The molecule has 5 heteroatoms. The van der Waals surface area contributed by atoms with Gasteiger partial charge >= 0.3 is 0 Å². The number of piperidine rings is 1. The summed E-state index contributed by atoms with van der Waals surface area (Å²) in [6.07, 6.45) is 1.15. The van der Waals surface area contributed by atoms with E-state index in [0.29, 0.717) is 30.6 Å². The number of hydrogen-bond donors (Lipinski definition) is 3. The van der Waals surface area contributed by atoms with Crippen molar-refractivity contribution in [2.75, 3.05) is 12.3 Å². The molecular formula is C13H17N3O2. The number of nitrogens with one attached hydrogen (secondary N) is 2. The standard InChI is InChI=1S/C13H17N3O2/c1-8-6-9(2-4-11(8)14)13(18)16-10-3-5-12(17)15-7-10/h2,4,6,10H,3,5,7,14H2,1H3,(H,15,17)(H,16,18). The molecular weight excluding hydrogens is 230 g/mol. The lowest BCUT2D eigenvalue weighted by Gasteiger charge is -2.23. The van der Waals surface area contributed by atoms with Gasteiger partial charge in [0.2, 0.25) is 5.91 Å². The normalized spacial score (nSPS) is 19.2. The van der Waals surface area contributed by atoms with E-state index >= 15 is 0 Å². The van der Waals surface area contributed by atoms with Crippen molar-refractivity contribution in [3.05, 3.63) is 29.3 Å². The van der Waals surface area contributed by atoms with E-state index in [1.165, 1.54) is 0 Å². The van der Waals surface area contributed by atoms with Crippen molar-refractivity contribution in [1.82, 2.24) is 10.6 Å². The van der Waals surface area contributed by atoms with Crippen molar-refractivity contribution >= 4 is 17.5 Å². The summed E-state index contributed by atoms with van der Waals surface area (Å²) in [6.45, 7) is 2.37. The minimum absolute atomic E-state index is 0.00746. The number of hydrogen-bond acceptors (Lipinski definition) is 3. The van der Waals surface area contributed by atoms with E-state index in [1.807, 2.05) is 6.92 Å². The molecule has 1 fully saturated rings. The van der Waals surface area contributed by atoms with E-state index < -0.39 is 0 Å². The number of nitrogens with two attached hydrogens (primary N) is 1. The lowest BCUT2D eigenvalue weighted by Crippen LogP contribution is -2.47. The highest BCUT2D eigenvalue weighted by Crippen LogP contribution is 2.13. The van der Waals surface area contributed by atoms with Crippen molar-refractivity contribution in [2.45, 2.75) is 25.8 Å². The van der Waals surface area contributed by atoms with Gasteiger partial charge in [-0.05, 0) is 37.1 Å². The molecule has 1 aromatic rings. The van der Waals surface area contributed by atoms with Crippen molar-refractivity contribution in [3.63, 3.8) is 0 Å². The molecule has 5 nitrogen and oxygen atoms in total. The topological polar surface area (TPSA) is 84.2 Å². The van der Waals surface area contributed by atoms with E-state index in [-0.39, 0.29) is 17.9 Å². The molecule has 2 rings (SSSR count). The highest BCUT2D eigenvalue weighted by atomic mass is 16.2. The first-order chi connectivity index (χ1) is 8.56. The first-order valence-corrected chi connectivity index (χ1v) is 6.00. The highest BCUT2D eigenvalue weighted by molar-refractivity contribution is 5.95. The van der Waals surface area contributed by atoms with Crippen molar-refractivity contribution < 1.29 is 9.59 Å². The average molecular weight is 247 g/mol. The quantitative estimate of drug-likeness (QED) is 0.669. The second-order valence-electron chi connectivity index (χ2n) is 4.58. The van der Waals surface area contributed by atoms with Gasteiger partial charge in [-0.25, -0.2) is 0 Å². The van der Waals surface area contributed by atoms with Crippen LogP contribution in [0.25, 0.3) is 0 Å². The maximum Gasteiger partial charge on any atom is 0.251 e. The Morgan fingerprint density at radius 3 is 2.89 bits per heavy atom. The Morgan fingerprint density at radius 1 is 1.50 bits per heavy atom. The summed E-state index contributed by atoms with van der Waals surface area (Å²) in [7, 11) is 0. The van der Waals surface area contributed by atoms with Gasteiger partial charge in [0, 0.05) is 30.3 Å². The summed E-state index contributed by atoms with van der Waals surface area (Å²) in [5.74, 6) is -0.0805. The van der Waals surface area contributed by atoms with Crippen LogP contribution in [-0.4, -0.2) is 24.4 Å². The van der Waals surface area contributed by atoms with Crippen molar-refractivity contribution in [1.29, 1.82) is 0 Å². The molecule has 0 spiro atoms. The van der Waals surface area contributed by atoms with Gasteiger partial charge in [-0.1, -0.05) is 0 Å². The number of rotatable bonds is 2. The molecule has 96 valence electrons. The summed E-state index contributed by atoms with van der Waals surface area (Å²) < 4.78 is 0. The third kappa shape index (κ3) is 2.80. The molecule has 1 aliphatic rings. The third-order valence-corrected chi connectivity index (χ3v) is 3.13. The number of amides is 2. The molecule has 0 radical (unpaired) electrons. The summed E-state index contributed by atoms with van der Waals surface area (Å²) >= 11 is 0. The molecule has 1 saturated heterocycles. The maximum atomic E-state index is 12.0. The molecule has 18 heavy (non-hydrogen) atoms. The average Bonchev–Trinajstić information content (AvgIpc) is 2.35. The number of aryl methyl sites for hydroxylation is 1. The second-order valence-corrected chi connectivity index (χ2v) is 4.58. The summed E-state index contributed by atoms with van der Waals surface area (Å²) in [4.78, 5) is 23.0. The zero-order chi connectivity index (χ0) is 13.1. The number of nitrogen functional groups attached to an aromatic ring is 1. The minimum atomic E-state index is -0.126. The minimum Gasteiger partial charge on any atom is -0.399 e. The summed E-state index contributed by atoms with van der Waals surface area (Å²) in [5.41, 5.74) is 7.87. The van der Waals surface area contributed by atoms with E-state index in [9.17, 15) is 9.59 Å². The molecule has 1 aromatic carbocycles. The van der Waals surface area contributed by atoms with Gasteiger partial charge < -0.3 is 16.4 Å². The number of carbonyl (C=O) groups is 2. The Kier molecular flexibility index (Phi) is 3.50. The van der Waals surface area contributed by atoms with Crippen LogP contribution in [0.3, 0.4) is 0 Å². The fraction of sp³-hybridized carbons (Fsp3) is 0.385. The number of benzene rings is 1. The van der Waals surface area contributed by atoms with Crippen LogP contribution < -0.4 is 16.4 Å². The van der Waals surface area contributed by atoms with Gasteiger partial charge in [0.25, 0.3) is 5.91 Å². The lowest BCUT2D eigenvalue weighted by molar-refractivity contribution is -0.122. The van der Waals surface area contributed by atoms with Crippen molar-refractivity contribution in [2.24, 2.45) is 0 Å². The van der Waals surface area contributed by atoms with Gasteiger partial charge in [0.15, 0.2) is 0 Å². The van der Waals surface area contributed by atoms with Crippen LogP contribution in [0, 0.1) is 6.92 Å². The first-order valence-electron chi connectivity index (χ1n) is 6.00. The molecule has 1 aliphatic heterocycles. The molecule has 0 bridgehead atoms. The maximum absolute atomic E-state index is 12.0. The Morgan fingerprint density at radius 2 is 2.28 bits per heavy atom. The molecule has 1 unspecified atom stereocenters. The summed E-state index contributed by atoms with van der Waals surface area (Å²) in [6, 6.07) is 5.21. The van der Waals surface area contributed by atoms with E-state index in [2.05, 4.69) is 10.6 Å². The predicted molar refractivity (Wildman–Crippen MR) is 69.1 cm³/mol. The Bertz CT molecular complexity index is 475. The van der Waals surface area contributed by atoms with E-state index in [4.69, 9.17) is 5.73 Å². The molecule has 0 aliphatic carbocycles. The van der Waals surface area contributed by atoms with Crippen LogP contribution in [-0.2, 0) is 4.79 Å². The molecule has 0 saturated carbocycles. The molecule has 0 aromatic heterocycles. The fourth-order valence-electron chi connectivity index (χ4n) is 1.94. The Balaban J connectivity index is 1.99. The predicted octanol–water partition coefficient (Wildman–Crippen LogP) is 0.586. The Labute approximate surface area is 106 Å². The zero-order valence-electron chi connectivity index (χ0n) is 10.3. The van der Waals surface area contributed by atoms with Crippen LogP contribution in [0.2, 0.25) is 0 Å². The van der Waals surface area contributed by atoms with Crippen LogP contribution >= 0.6 is 0 Å². The fourth-order valence-corrected chi connectivity index (χ4v) is 1.94. The van der Waals surface area contributed by atoms with Crippen LogP contribution in [0.15, 0.2) is 18.2 Å². The summed E-state index contributed by atoms with van der Waals surface area (Å²) in [5, 5.41) is 5.64. The van der Waals surface area contributed by atoms with E-state index in [1.54, 1.807) is 18.2 Å². The van der Waals surface area contributed by atoms with Gasteiger partial charge in [-0.3, -0.25) is 9.59 Å². The van der Waals surface area contributed by atoms with Gasteiger partial charge in [-0.15, -0.1) is 0 Å².